The average Bonchev–Trinajstić information content (AvgIpc) is 3.22. The molecule has 1 aromatic carbocycles. The van der Waals surface area contributed by atoms with Crippen molar-refractivity contribution in [2.45, 2.75) is 39.3 Å². The zero-order valence-corrected chi connectivity index (χ0v) is 19.9. The second-order valence-corrected chi connectivity index (χ2v) is 9.32. The van der Waals surface area contributed by atoms with Gasteiger partial charge in [-0.1, -0.05) is 6.07 Å². The summed E-state index contributed by atoms with van der Waals surface area (Å²) in [6, 6.07) is 7.68. The molecule has 0 fully saturated rings. The van der Waals surface area contributed by atoms with Crippen molar-refractivity contribution >= 4 is 23.8 Å². The van der Waals surface area contributed by atoms with Crippen LogP contribution in [0.15, 0.2) is 55.1 Å². The molecular weight excluding hydrogens is 430 g/mol. The van der Waals surface area contributed by atoms with Crippen LogP contribution in [0.1, 0.15) is 37.5 Å². The van der Waals surface area contributed by atoms with Gasteiger partial charge < -0.3 is 15.0 Å². The highest BCUT2D eigenvalue weighted by Gasteiger charge is 2.25. The zero-order chi connectivity index (χ0) is 24.3. The van der Waals surface area contributed by atoms with Crippen LogP contribution < -0.4 is 5.32 Å². The number of aryl methyl sites for hydroxylation is 1. The van der Waals surface area contributed by atoms with Crippen molar-refractivity contribution in [3.05, 3.63) is 71.8 Å². The summed E-state index contributed by atoms with van der Waals surface area (Å²) in [4.78, 5) is 30.8. The Morgan fingerprint density at radius 2 is 1.97 bits per heavy atom. The van der Waals surface area contributed by atoms with Gasteiger partial charge in [-0.25, -0.2) is 4.79 Å². The summed E-state index contributed by atoms with van der Waals surface area (Å²) < 4.78 is 7.22. The standard InChI is InChI=1S/C26H29N5O3/c1-26(2,3)34-25(33)31-12-10-18-13-22(7-5-20(18)17-31)29-24(32)8-6-19-14-27-11-9-23(19)21-15-28-30(4)16-21/h5-9,11,13-16H,10,12,17H2,1-4H3,(H,29,32)/b8-6+. The van der Waals surface area contributed by atoms with E-state index in [0.717, 1.165) is 33.5 Å². The minimum atomic E-state index is -0.520. The number of fused-ring (bicyclic) bond motifs is 1. The van der Waals surface area contributed by atoms with E-state index in [2.05, 4.69) is 15.4 Å². The first kappa shape index (κ1) is 23.2. The average molecular weight is 460 g/mol. The molecule has 176 valence electrons. The number of carbonyl (C=O) groups is 2. The maximum absolute atomic E-state index is 12.6. The highest BCUT2D eigenvalue weighted by Crippen LogP contribution is 2.25. The maximum atomic E-state index is 12.6. The summed E-state index contributed by atoms with van der Waals surface area (Å²) in [6.45, 7) is 6.66. The van der Waals surface area contributed by atoms with E-state index in [1.807, 2.05) is 58.3 Å². The van der Waals surface area contributed by atoms with E-state index in [0.29, 0.717) is 19.5 Å². The van der Waals surface area contributed by atoms with Crippen molar-refractivity contribution in [1.82, 2.24) is 19.7 Å². The Bertz CT molecular complexity index is 1240. The number of carbonyl (C=O) groups excluding carboxylic acids is 2. The van der Waals surface area contributed by atoms with Crippen LogP contribution in [0.4, 0.5) is 10.5 Å². The normalized spacial score (nSPS) is 13.6. The number of nitrogens with one attached hydrogen (secondary N) is 1. The van der Waals surface area contributed by atoms with Crippen LogP contribution in [0.3, 0.4) is 0 Å². The molecule has 1 aliphatic rings. The number of pyridine rings is 1. The third-order valence-corrected chi connectivity index (χ3v) is 5.42. The molecule has 1 N–H and O–H groups in total. The highest BCUT2D eigenvalue weighted by atomic mass is 16.6. The molecule has 0 aliphatic carbocycles. The molecule has 2 amide bonds. The van der Waals surface area contributed by atoms with E-state index in [4.69, 9.17) is 4.74 Å². The van der Waals surface area contributed by atoms with Crippen molar-refractivity contribution in [2.75, 3.05) is 11.9 Å². The lowest BCUT2D eigenvalue weighted by molar-refractivity contribution is -0.111. The lowest BCUT2D eigenvalue weighted by atomic mass is 9.99. The number of rotatable bonds is 4. The molecule has 8 heteroatoms. The molecule has 4 rings (SSSR count). The minimum absolute atomic E-state index is 0.230. The second kappa shape index (κ2) is 9.51. The van der Waals surface area contributed by atoms with Gasteiger partial charge in [0.2, 0.25) is 5.91 Å². The predicted molar refractivity (Wildman–Crippen MR) is 131 cm³/mol. The summed E-state index contributed by atoms with van der Waals surface area (Å²) in [5.41, 5.74) is 5.12. The molecule has 0 bridgehead atoms. The van der Waals surface area contributed by atoms with Crippen molar-refractivity contribution in [2.24, 2.45) is 7.05 Å². The molecule has 2 aromatic heterocycles. The first-order valence-corrected chi connectivity index (χ1v) is 11.2. The van der Waals surface area contributed by atoms with Crippen LogP contribution in [0, 0.1) is 0 Å². The Morgan fingerprint density at radius 1 is 1.15 bits per heavy atom. The molecular formula is C26H29N5O3. The molecule has 34 heavy (non-hydrogen) atoms. The van der Waals surface area contributed by atoms with Gasteiger partial charge in [0.25, 0.3) is 0 Å². The molecule has 0 atom stereocenters. The van der Waals surface area contributed by atoms with Crippen LogP contribution in [0.5, 0.6) is 0 Å². The third kappa shape index (κ3) is 5.70. The summed E-state index contributed by atoms with van der Waals surface area (Å²) in [7, 11) is 1.86. The van der Waals surface area contributed by atoms with E-state index >= 15 is 0 Å². The van der Waals surface area contributed by atoms with Gasteiger partial charge in [-0.3, -0.25) is 14.5 Å². The van der Waals surface area contributed by atoms with E-state index < -0.39 is 5.60 Å². The molecule has 0 unspecified atom stereocenters. The van der Waals surface area contributed by atoms with Gasteiger partial charge >= 0.3 is 6.09 Å². The second-order valence-electron chi connectivity index (χ2n) is 9.32. The van der Waals surface area contributed by atoms with Crippen molar-refractivity contribution in [3.8, 4) is 11.1 Å². The molecule has 0 spiro atoms. The Labute approximate surface area is 199 Å². The lowest BCUT2D eigenvalue weighted by Gasteiger charge is -2.31. The zero-order valence-electron chi connectivity index (χ0n) is 19.9. The number of hydrogen-bond acceptors (Lipinski definition) is 5. The molecule has 0 radical (unpaired) electrons. The quantitative estimate of drug-likeness (QED) is 0.583. The first-order valence-electron chi connectivity index (χ1n) is 11.2. The van der Waals surface area contributed by atoms with Gasteiger partial charge in [0.1, 0.15) is 5.60 Å². The minimum Gasteiger partial charge on any atom is -0.444 e. The van der Waals surface area contributed by atoms with Crippen LogP contribution in [0.2, 0.25) is 0 Å². The number of aromatic nitrogens is 3. The highest BCUT2D eigenvalue weighted by molar-refractivity contribution is 6.02. The smallest absolute Gasteiger partial charge is 0.410 e. The summed E-state index contributed by atoms with van der Waals surface area (Å²) in [5.74, 6) is -0.230. The fraction of sp³-hybridized carbons (Fsp3) is 0.308. The van der Waals surface area contributed by atoms with Crippen molar-refractivity contribution < 1.29 is 14.3 Å². The van der Waals surface area contributed by atoms with E-state index in [1.165, 1.54) is 6.08 Å². The largest absolute Gasteiger partial charge is 0.444 e. The van der Waals surface area contributed by atoms with Gasteiger partial charge in [-0.15, -0.1) is 0 Å². The van der Waals surface area contributed by atoms with Crippen molar-refractivity contribution in [1.29, 1.82) is 0 Å². The molecule has 1 aliphatic heterocycles. The van der Waals surface area contributed by atoms with Crippen LogP contribution in [-0.4, -0.2) is 43.8 Å². The summed E-state index contributed by atoms with van der Waals surface area (Å²) >= 11 is 0. The SMILES string of the molecule is Cn1cc(-c2ccncc2/C=C/C(=O)Nc2ccc3c(c2)CCN(C(=O)OC(C)(C)C)C3)cn1. The van der Waals surface area contributed by atoms with Crippen LogP contribution >= 0.6 is 0 Å². The fourth-order valence-electron chi connectivity index (χ4n) is 3.83. The number of ether oxygens (including phenoxy) is 1. The van der Waals surface area contributed by atoms with Crippen molar-refractivity contribution in [3.63, 3.8) is 0 Å². The van der Waals surface area contributed by atoms with Gasteiger partial charge in [-0.2, -0.15) is 5.10 Å². The monoisotopic (exact) mass is 459 g/mol. The Kier molecular flexibility index (Phi) is 6.49. The number of benzene rings is 1. The van der Waals surface area contributed by atoms with Crippen LogP contribution in [-0.2, 0) is 29.5 Å². The molecule has 3 heterocycles. The predicted octanol–water partition coefficient (Wildman–Crippen LogP) is 4.43. The number of amides is 2. The topological polar surface area (TPSA) is 89.4 Å². The number of nitrogens with zero attached hydrogens (tertiary/aromatic N) is 4. The van der Waals surface area contributed by atoms with E-state index in [9.17, 15) is 9.59 Å². The van der Waals surface area contributed by atoms with Crippen LogP contribution in [0.25, 0.3) is 17.2 Å². The molecule has 0 saturated carbocycles. The molecule has 8 nitrogen and oxygen atoms in total. The lowest BCUT2D eigenvalue weighted by Crippen LogP contribution is -2.39. The van der Waals surface area contributed by atoms with Gasteiger partial charge in [-0.05, 0) is 68.2 Å². The van der Waals surface area contributed by atoms with Gasteiger partial charge in [0.15, 0.2) is 0 Å². The van der Waals surface area contributed by atoms with E-state index in [-0.39, 0.29) is 12.0 Å². The Morgan fingerprint density at radius 3 is 2.71 bits per heavy atom. The Balaban J connectivity index is 1.41. The van der Waals surface area contributed by atoms with Gasteiger partial charge in [0, 0.05) is 61.6 Å². The molecule has 3 aromatic rings. The number of hydrogen-bond donors (Lipinski definition) is 1. The third-order valence-electron chi connectivity index (χ3n) is 5.42. The Hall–Kier alpha value is -3.94. The fourth-order valence-corrected chi connectivity index (χ4v) is 3.83. The first-order chi connectivity index (χ1) is 16.2. The number of anilines is 1. The summed E-state index contributed by atoms with van der Waals surface area (Å²) in [6.07, 6.45) is 10.8. The molecule has 0 saturated heterocycles. The maximum Gasteiger partial charge on any atom is 0.410 e. The summed E-state index contributed by atoms with van der Waals surface area (Å²) in [5, 5.41) is 7.14. The van der Waals surface area contributed by atoms with E-state index in [1.54, 1.807) is 34.2 Å². The van der Waals surface area contributed by atoms with Gasteiger partial charge in [0.05, 0.1) is 6.20 Å².